The summed E-state index contributed by atoms with van der Waals surface area (Å²) in [4.78, 5) is 18.8. The molecule has 4 aromatic rings. The van der Waals surface area contributed by atoms with Crippen LogP contribution < -0.4 is 0 Å². The molecular weight excluding hydrogens is 484 g/mol. The van der Waals surface area contributed by atoms with E-state index in [0.717, 1.165) is 48.3 Å². The number of H-pyrrole nitrogens is 2. The Labute approximate surface area is 179 Å². The van der Waals surface area contributed by atoms with Crippen molar-refractivity contribution in [3.8, 4) is 0 Å². The molecule has 0 saturated carbocycles. The number of halogens is 2. The minimum atomic E-state index is -0.155. The quantitative estimate of drug-likeness (QED) is 0.289. The Hall–Kier alpha value is -2.05. The zero-order valence-electron chi connectivity index (χ0n) is 15.4. The monoisotopic (exact) mass is 502 g/mol. The lowest BCUT2D eigenvalue weighted by atomic mass is 9.91. The Kier molecular flexibility index (Phi) is 5.60. The third-order valence-electron chi connectivity index (χ3n) is 4.97. The molecule has 2 aromatic heterocycles. The molecule has 0 amide bonds. The van der Waals surface area contributed by atoms with Crippen LogP contribution in [0.1, 0.15) is 36.8 Å². The summed E-state index contributed by atoms with van der Waals surface area (Å²) >= 11 is 7.05. The second-order valence-electron chi connectivity index (χ2n) is 6.85. The van der Waals surface area contributed by atoms with Crippen molar-refractivity contribution in [2.45, 2.75) is 25.7 Å². The number of ether oxygens (including phenoxy) is 1. The fourth-order valence-electron chi connectivity index (χ4n) is 3.62. The number of hydrogen-bond donors (Lipinski definition) is 2. The number of benzene rings is 2. The lowest BCUT2D eigenvalue weighted by Crippen LogP contribution is -2.13. The van der Waals surface area contributed by atoms with Gasteiger partial charge in [0.1, 0.15) is 6.61 Å². The summed E-state index contributed by atoms with van der Waals surface area (Å²) in [5.41, 5.74) is 4.35. The van der Waals surface area contributed by atoms with Crippen LogP contribution in [0.5, 0.6) is 0 Å². The van der Waals surface area contributed by atoms with Crippen molar-refractivity contribution >= 4 is 59.6 Å². The fraction of sp³-hybridized carbons (Fsp3) is 0.227. The van der Waals surface area contributed by atoms with Crippen molar-refractivity contribution in [1.82, 2.24) is 9.97 Å². The molecular formula is C22H20Br2N2O2. The van der Waals surface area contributed by atoms with Gasteiger partial charge >= 0.3 is 5.97 Å². The first kappa shape index (κ1) is 19.3. The standard InChI is InChI=1S/C22H20Br2N2O2/c1-2-3-22(27)28-12-19(17-10-25-20-8-13(23)4-6-15(17)20)18-11-26-21-9-14(24)5-7-16(18)21/h4-11,19,25-26H,2-3,12H2,1H3. The lowest BCUT2D eigenvalue weighted by molar-refractivity contribution is -0.143. The first-order valence-corrected chi connectivity index (χ1v) is 10.8. The molecule has 0 spiro atoms. The number of esters is 1. The van der Waals surface area contributed by atoms with E-state index in [4.69, 9.17) is 4.74 Å². The van der Waals surface area contributed by atoms with Gasteiger partial charge in [-0.25, -0.2) is 0 Å². The van der Waals surface area contributed by atoms with Crippen LogP contribution in [0.15, 0.2) is 57.7 Å². The van der Waals surface area contributed by atoms with E-state index in [9.17, 15) is 4.79 Å². The summed E-state index contributed by atoms with van der Waals surface area (Å²) in [5.74, 6) is -0.219. The van der Waals surface area contributed by atoms with E-state index in [2.05, 4.69) is 66.1 Å². The van der Waals surface area contributed by atoms with Crippen LogP contribution in [-0.4, -0.2) is 22.5 Å². The molecule has 0 aliphatic carbocycles. The van der Waals surface area contributed by atoms with Gasteiger partial charge in [0.15, 0.2) is 0 Å². The molecule has 0 fully saturated rings. The molecule has 4 nitrogen and oxygen atoms in total. The lowest BCUT2D eigenvalue weighted by Gasteiger charge is -2.17. The maximum atomic E-state index is 12.1. The maximum Gasteiger partial charge on any atom is 0.305 e. The smallest absolute Gasteiger partial charge is 0.305 e. The number of fused-ring (bicyclic) bond motifs is 2. The summed E-state index contributed by atoms with van der Waals surface area (Å²) < 4.78 is 7.70. The van der Waals surface area contributed by atoms with Crippen molar-refractivity contribution < 1.29 is 9.53 Å². The highest BCUT2D eigenvalue weighted by Gasteiger charge is 2.23. The average molecular weight is 504 g/mol. The minimum Gasteiger partial charge on any atom is -0.465 e. The van der Waals surface area contributed by atoms with Crippen molar-refractivity contribution in [3.05, 3.63) is 68.9 Å². The average Bonchev–Trinajstić information content (AvgIpc) is 3.26. The van der Waals surface area contributed by atoms with Crippen LogP contribution in [0, 0.1) is 0 Å². The van der Waals surface area contributed by atoms with Crippen molar-refractivity contribution in [2.75, 3.05) is 6.61 Å². The Morgan fingerprint density at radius 1 is 0.964 bits per heavy atom. The van der Waals surface area contributed by atoms with Crippen molar-refractivity contribution in [2.24, 2.45) is 0 Å². The first-order valence-electron chi connectivity index (χ1n) is 9.25. The van der Waals surface area contributed by atoms with Crippen LogP contribution in [0.4, 0.5) is 0 Å². The van der Waals surface area contributed by atoms with E-state index in [1.807, 2.05) is 31.5 Å². The molecule has 0 saturated heterocycles. The third-order valence-corrected chi connectivity index (χ3v) is 5.95. The Morgan fingerprint density at radius 2 is 1.50 bits per heavy atom. The number of aromatic nitrogens is 2. The largest absolute Gasteiger partial charge is 0.465 e. The number of hydrogen-bond acceptors (Lipinski definition) is 2. The van der Waals surface area contributed by atoms with Gasteiger partial charge in [0.2, 0.25) is 0 Å². The highest BCUT2D eigenvalue weighted by molar-refractivity contribution is 9.10. The predicted octanol–water partition coefficient (Wildman–Crippen LogP) is 6.65. The number of rotatable bonds is 6. The SMILES string of the molecule is CCCC(=O)OCC(c1c[nH]c2cc(Br)ccc12)c1c[nH]c2cc(Br)ccc12. The van der Waals surface area contributed by atoms with Crippen molar-refractivity contribution in [3.63, 3.8) is 0 Å². The minimum absolute atomic E-state index is 0.0642. The summed E-state index contributed by atoms with van der Waals surface area (Å²) in [5, 5.41) is 2.26. The fourth-order valence-corrected chi connectivity index (χ4v) is 4.34. The molecule has 6 heteroatoms. The molecule has 0 aliphatic rings. The topological polar surface area (TPSA) is 57.9 Å². The summed E-state index contributed by atoms with van der Waals surface area (Å²) in [7, 11) is 0. The molecule has 0 aliphatic heterocycles. The van der Waals surface area contributed by atoms with Crippen LogP contribution in [0.3, 0.4) is 0 Å². The van der Waals surface area contributed by atoms with E-state index >= 15 is 0 Å². The van der Waals surface area contributed by atoms with Crippen LogP contribution in [-0.2, 0) is 9.53 Å². The molecule has 0 unspecified atom stereocenters. The molecule has 0 bridgehead atoms. The second-order valence-corrected chi connectivity index (χ2v) is 8.68. The second kappa shape index (κ2) is 8.13. The number of nitrogens with one attached hydrogen (secondary N) is 2. The van der Waals surface area contributed by atoms with Crippen molar-refractivity contribution in [1.29, 1.82) is 0 Å². The highest BCUT2D eigenvalue weighted by Crippen LogP contribution is 2.36. The van der Waals surface area contributed by atoms with E-state index < -0.39 is 0 Å². The van der Waals surface area contributed by atoms with Gasteiger partial charge in [0, 0.05) is 55.5 Å². The summed E-state index contributed by atoms with van der Waals surface area (Å²) in [6.07, 6.45) is 5.26. The number of carbonyl (C=O) groups excluding carboxylic acids is 1. The number of aromatic amines is 2. The Morgan fingerprint density at radius 3 is 2.00 bits per heavy atom. The molecule has 2 N–H and O–H groups in total. The number of carbonyl (C=O) groups is 1. The van der Waals surface area contributed by atoms with Gasteiger partial charge in [-0.3, -0.25) is 4.79 Å². The summed E-state index contributed by atoms with van der Waals surface area (Å²) in [6.45, 7) is 2.29. The van der Waals surface area contributed by atoms with Gasteiger partial charge in [-0.05, 0) is 41.8 Å². The normalized spacial score (nSPS) is 11.6. The molecule has 0 atom stereocenters. The van der Waals surface area contributed by atoms with Gasteiger partial charge in [0.05, 0.1) is 0 Å². The maximum absolute atomic E-state index is 12.1. The van der Waals surface area contributed by atoms with E-state index in [1.165, 1.54) is 0 Å². The molecule has 4 rings (SSSR count). The van der Waals surface area contributed by atoms with Gasteiger partial charge in [0.25, 0.3) is 0 Å². The molecule has 28 heavy (non-hydrogen) atoms. The van der Waals surface area contributed by atoms with Crippen LogP contribution >= 0.6 is 31.9 Å². The molecule has 2 heterocycles. The predicted molar refractivity (Wildman–Crippen MR) is 120 cm³/mol. The van der Waals surface area contributed by atoms with E-state index in [0.29, 0.717) is 13.0 Å². The summed E-state index contributed by atoms with van der Waals surface area (Å²) in [6, 6.07) is 12.4. The van der Waals surface area contributed by atoms with Crippen LogP contribution in [0.25, 0.3) is 21.8 Å². The Bertz CT molecular complexity index is 1070. The van der Waals surface area contributed by atoms with E-state index in [-0.39, 0.29) is 11.9 Å². The zero-order chi connectivity index (χ0) is 19.7. The van der Waals surface area contributed by atoms with Gasteiger partial charge in [-0.1, -0.05) is 50.9 Å². The first-order chi connectivity index (χ1) is 13.6. The van der Waals surface area contributed by atoms with Gasteiger partial charge < -0.3 is 14.7 Å². The zero-order valence-corrected chi connectivity index (χ0v) is 18.6. The van der Waals surface area contributed by atoms with Crippen LogP contribution in [0.2, 0.25) is 0 Å². The Balaban J connectivity index is 1.79. The third kappa shape index (κ3) is 3.76. The highest BCUT2D eigenvalue weighted by atomic mass is 79.9. The van der Waals surface area contributed by atoms with Gasteiger partial charge in [-0.2, -0.15) is 0 Å². The molecule has 144 valence electrons. The molecule has 2 aromatic carbocycles. The molecule has 0 radical (unpaired) electrons. The van der Waals surface area contributed by atoms with Gasteiger partial charge in [-0.15, -0.1) is 0 Å². The van der Waals surface area contributed by atoms with E-state index in [1.54, 1.807) is 0 Å².